The van der Waals surface area contributed by atoms with Gasteiger partial charge in [-0.1, -0.05) is 53.6 Å². The number of para-hydroxylation sites is 1. The van der Waals surface area contributed by atoms with E-state index in [1.165, 1.54) is 10.7 Å². The minimum atomic E-state index is -0.826. The van der Waals surface area contributed by atoms with E-state index < -0.39 is 16.5 Å². The zero-order valence-corrected chi connectivity index (χ0v) is 15.8. The molecule has 0 saturated heterocycles. The summed E-state index contributed by atoms with van der Waals surface area (Å²) in [5, 5.41) is 32.9. The van der Waals surface area contributed by atoms with Crippen molar-refractivity contribution in [3.05, 3.63) is 97.4 Å². The van der Waals surface area contributed by atoms with Crippen molar-refractivity contribution in [1.29, 1.82) is 0 Å². The summed E-state index contributed by atoms with van der Waals surface area (Å²) in [6.45, 7) is 0. The highest BCUT2D eigenvalue weighted by molar-refractivity contribution is 5.75. The first-order chi connectivity index (χ1) is 15.1. The standard InChI is InChI=1S/C20H14N8O3/c29-19-17-16(14(22-23-19)11-10-12-6-2-1-3-7-12)18(27-20(21-17)24-25-26-27)13-8-4-5-9-15(13)28(30)31/h1-11,18H,(H,23,29)(H,21,24,26)/b11-10+/t18-/m1/s1. The smallest absolute Gasteiger partial charge is 0.288 e. The van der Waals surface area contributed by atoms with Gasteiger partial charge in [-0.2, -0.15) is 9.78 Å². The van der Waals surface area contributed by atoms with E-state index in [4.69, 9.17) is 0 Å². The lowest BCUT2D eigenvalue weighted by atomic mass is 9.93. The highest BCUT2D eigenvalue weighted by Crippen LogP contribution is 2.41. The molecule has 0 fully saturated rings. The van der Waals surface area contributed by atoms with E-state index in [0.29, 0.717) is 16.8 Å². The summed E-state index contributed by atoms with van der Waals surface area (Å²) >= 11 is 0. The zero-order chi connectivity index (χ0) is 21.4. The normalized spacial score (nSPS) is 14.6. The molecule has 11 nitrogen and oxygen atoms in total. The zero-order valence-electron chi connectivity index (χ0n) is 15.8. The molecule has 1 aliphatic rings. The Morgan fingerprint density at radius 3 is 2.65 bits per heavy atom. The number of aromatic amines is 1. The van der Waals surface area contributed by atoms with Crippen LogP contribution in [0.15, 0.2) is 59.4 Å². The fraction of sp³-hybridized carbons (Fsp3) is 0.0500. The van der Waals surface area contributed by atoms with Crippen LogP contribution in [0.5, 0.6) is 0 Å². The van der Waals surface area contributed by atoms with Crippen molar-refractivity contribution in [2.24, 2.45) is 0 Å². The fourth-order valence-electron chi connectivity index (χ4n) is 3.60. The summed E-state index contributed by atoms with van der Waals surface area (Å²) in [4.78, 5) is 23.9. The number of nitrogens with one attached hydrogen (secondary N) is 2. The molecule has 0 amide bonds. The lowest BCUT2D eigenvalue weighted by Crippen LogP contribution is -2.29. The Bertz CT molecular complexity index is 1380. The Kier molecular flexibility index (Phi) is 4.32. The predicted molar refractivity (Wildman–Crippen MR) is 112 cm³/mol. The third-order valence-corrected chi connectivity index (χ3v) is 4.96. The summed E-state index contributed by atoms with van der Waals surface area (Å²) in [5.41, 5.74) is 1.72. The van der Waals surface area contributed by atoms with E-state index in [0.717, 1.165) is 5.56 Å². The maximum Gasteiger partial charge on any atom is 0.288 e. The van der Waals surface area contributed by atoms with Gasteiger partial charge in [-0.15, -0.1) is 0 Å². The van der Waals surface area contributed by atoms with Crippen LogP contribution in [0, 0.1) is 10.1 Å². The second-order valence-corrected chi connectivity index (χ2v) is 6.76. The summed E-state index contributed by atoms with van der Waals surface area (Å²) in [5.74, 6) is 0.199. The Labute approximate surface area is 174 Å². The van der Waals surface area contributed by atoms with Crippen LogP contribution in [0.25, 0.3) is 12.2 Å². The number of hydrogen-bond acceptors (Lipinski definition) is 8. The van der Waals surface area contributed by atoms with Crippen LogP contribution < -0.4 is 10.9 Å². The summed E-state index contributed by atoms with van der Waals surface area (Å²) in [7, 11) is 0. The van der Waals surface area contributed by atoms with Gasteiger partial charge in [-0.25, -0.2) is 5.10 Å². The van der Waals surface area contributed by atoms with Gasteiger partial charge in [0.1, 0.15) is 11.7 Å². The van der Waals surface area contributed by atoms with Gasteiger partial charge >= 0.3 is 0 Å². The van der Waals surface area contributed by atoms with E-state index in [1.807, 2.05) is 36.4 Å². The number of anilines is 2. The molecule has 0 bridgehead atoms. The highest BCUT2D eigenvalue weighted by Gasteiger charge is 2.36. The second kappa shape index (κ2) is 7.30. The van der Waals surface area contributed by atoms with Crippen LogP contribution in [-0.2, 0) is 0 Å². The van der Waals surface area contributed by atoms with E-state index in [1.54, 1.807) is 24.3 Å². The number of aromatic nitrogens is 6. The van der Waals surface area contributed by atoms with E-state index in [-0.39, 0.29) is 17.3 Å². The van der Waals surface area contributed by atoms with Crippen molar-refractivity contribution in [3.8, 4) is 0 Å². The molecule has 0 unspecified atom stereocenters. The van der Waals surface area contributed by atoms with Gasteiger partial charge in [0.25, 0.3) is 11.2 Å². The first kappa shape index (κ1) is 18.4. The maximum atomic E-state index is 12.6. The van der Waals surface area contributed by atoms with Gasteiger partial charge in [0.15, 0.2) is 0 Å². The number of tetrazole rings is 1. The Balaban J connectivity index is 1.76. The first-order valence-electron chi connectivity index (χ1n) is 9.27. The number of fused-ring (bicyclic) bond motifs is 2. The van der Waals surface area contributed by atoms with E-state index in [2.05, 4.69) is 31.0 Å². The Morgan fingerprint density at radius 2 is 1.84 bits per heavy atom. The molecule has 2 aromatic heterocycles. The molecule has 31 heavy (non-hydrogen) atoms. The monoisotopic (exact) mass is 414 g/mol. The molecular formula is C20H14N8O3. The Hall–Kier alpha value is -4.67. The number of nitro benzene ring substituents is 1. The van der Waals surface area contributed by atoms with Crippen LogP contribution in [0.1, 0.15) is 28.4 Å². The lowest BCUT2D eigenvalue weighted by Gasteiger charge is -2.26. The molecule has 11 heteroatoms. The number of nitrogens with zero attached hydrogens (tertiary/aromatic N) is 6. The van der Waals surface area contributed by atoms with Crippen molar-refractivity contribution < 1.29 is 4.92 Å². The van der Waals surface area contributed by atoms with Crippen molar-refractivity contribution in [2.75, 3.05) is 5.32 Å². The van der Waals surface area contributed by atoms with Crippen LogP contribution in [0.3, 0.4) is 0 Å². The summed E-state index contributed by atoms with van der Waals surface area (Å²) < 4.78 is 1.41. The molecule has 5 rings (SSSR count). The molecular weight excluding hydrogens is 400 g/mol. The number of rotatable bonds is 4. The molecule has 152 valence electrons. The van der Waals surface area contributed by atoms with E-state index >= 15 is 0 Å². The van der Waals surface area contributed by atoms with Gasteiger partial charge in [-0.05, 0) is 28.1 Å². The van der Waals surface area contributed by atoms with Crippen LogP contribution >= 0.6 is 0 Å². The first-order valence-corrected chi connectivity index (χ1v) is 9.27. The quantitative estimate of drug-likeness (QED) is 0.337. The third-order valence-electron chi connectivity index (χ3n) is 4.96. The molecule has 1 aliphatic heterocycles. The molecule has 4 aromatic rings. The SMILES string of the molecule is O=c1[nH]nc(/C=C/c2ccccc2)c2c1Nc1nnnn1[C@@H]2c1ccccc1[N+](=O)[O-]. The Morgan fingerprint density at radius 1 is 1.06 bits per heavy atom. The van der Waals surface area contributed by atoms with E-state index in [9.17, 15) is 14.9 Å². The summed E-state index contributed by atoms with van der Waals surface area (Å²) in [6, 6.07) is 15.0. The lowest BCUT2D eigenvalue weighted by molar-refractivity contribution is -0.385. The van der Waals surface area contributed by atoms with Crippen LogP contribution in [0.2, 0.25) is 0 Å². The molecule has 0 spiro atoms. The topological polar surface area (TPSA) is 145 Å². The number of hydrogen-bond donors (Lipinski definition) is 2. The average molecular weight is 414 g/mol. The average Bonchev–Trinajstić information content (AvgIpc) is 3.26. The summed E-state index contributed by atoms with van der Waals surface area (Å²) in [6.07, 6.45) is 3.58. The van der Waals surface area contributed by atoms with Gasteiger partial charge in [0.05, 0.1) is 16.2 Å². The number of benzene rings is 2. The molecule has 0 radical (unpaired) electrons. The molecule has 2 N–H and O–H groups in total. The number of H-pyrrole nitrogens is 1. The van der Waals surface area contributed by atoms with Gasteiger partial charge in [0.2, 0.25) is 5.95 Å². The minimum absolute atomic E-state index is 0.111. The molecule has 0 saturated carbocycles. The molecule has 0 aliphatic carbocycles. The van der Waals surface area contributed by atoms with Crippen molar-refractivity contribution in [3.63, 3.8) is 0 Å². The minimum Gasteiger partial charge on any atom is -0.318 e. The predicted octanol–water partition coefficient (Wildman–Crippen LogP) is 2.53. The molecule has 2 aromatic carbocycles. The van der Waals surface area contributed by atoms with Crippen LogP contribution in [0.4, 0.5) is 17.3 Å². The third kappa shape index (κ3) is 3.13. The molecule has 1 atom stereocenters. The largest absolute Gasteiger partial charge is 0.318 e. The molecule has 3 heterocycles. The highest BCUT2D eigenvalue weighted by atomic mass is 16.6. The van der Waals surface area contributed by atoms with Crippen molar-refractivity contribution in [2.45, 2.75) is 6.04 Å². The second-order valence-electron chi connectivity index (χ2n) is 6.76. The van der Waals surface area contributed by atoms with Gasteiger partial charge < -0.3 is 5.32 Å². The fourth-order valence-corrected chi connectivity index (χ4v) is 3.60. The van der Waals surface area contributed by atoms with Crippen LogP contribution in [-0.4, -0.2) is 35.3 Å². The maximum absolute atomic E-state index is 12.6. The van der Waals surface area contributed by atoms with Crippen molar-refractivity contribution >= 4 is 29.5 Å². The van der Waals surface area contributed by atoms with Gasteiger partial charge in [-0.3, -0.25) is 14.9 Å². The van der Waals surface area contributed by atoms with Gasteiger partial charge in [0, 0.05) is 11.6 Å². The number of nitro groups is 1. The van der Waals surface area contributed by atoms with Crippen molar-refractivity contribution in [1.82, 2.24) is 30.4 Å².